The Morgan fingerprint density at radius 1 is 1.32 bits per heavy atom. The van der Waals surface area contributed by atoms with Gasteiger partial charge >= 0.3 is 5.97 Å². The van der Waals surface area contributed by atoms with Gasteiger partial charge < -0.3 is 19.7 Å². The van der Waals surface area contributed by atoms with E-state index in [0.29, 0.717) is 27.8 Å². The first-order valence-corrected chi connectivity index (χ1v) is 6.89. The molecule has 0 saturated heterocycles. The Hall–Kier alpha value is -2.81. The van der Waals surface area contributed by atoms with Gasteiger partial charge in [-0.25, -0.2) is 9.78 Å². The summed E-state index contributed by atoms with van der Waals surface area (Å²) >= 11 is 0.937. The van der Waals surface area contributed by atoms with Gasteiger partial charge in [0, 0.05) is 12.1 Å². The van der Waals surface area contributed by atoms with E-state index in [0.717, 1.165) is 11.3 Å². The highest BCUT2D eigenvalue weighted by atomic mass is 32.1. The fraction of sp³-hybridized carbons (Fsp3) is 0.154. The molecule has 0 aliphatic carbocycles. The maximum Gasteiger partial charge on any atom is 0.349 e. The molecule has 0 fully saturated rings. The molecule has 0 spiro atoms. The number of carboxylic acid groups (broad SMARTS) is 1. The number of nitrogens with zero attached hydrogens (tertiary/aromatic N) is 3. The maximum absolute atomic E-state index is 11.0. The van der Waals surface area contributed by atoms with Crippen LogP contribution in [0, 0.1) is 0 Å². The molecule has 22 heavy (non-hydrogen) atoms. The molecular formula is C13H11N3O5S. The topological polar surface area (TPSA) is 107 Å². The zero-order chi connectivity index (χ0) is 15.9. The summed E-state index contributed by atoms with van der Waals surface area (Å²) in [4.78, 5) is 19.3. The average Bonchev–Trinajstić information content (AvgIpc) is 3.08. The summed E-state index contributed by atoms with van der Waals surface area (Å²) < 4.78 is 11.9. The van der Waals surface area contributed by atoms with E-state index in [9.17, 15) is 9.90 Å². The molecule has 3 heterocycles. The average molecular weight is 321 g/mol. The third-order valence-electron chi connectivity index (χ3n) is 3.01. The second kappa shape index (κ2) is 5.19. The van der Waals surface area contributed by atoms with Crippen LogP contribution in [0.4, 0.5) is 0 Å². The lowest BCUT2D eigenvalue weighted by Gasteiger charge is -2.06. The molecule has 0 aromatic carbocycles. The van der Waals surface area contributed by atoms with Crippen molar-refractivity contribution in [3.05, 3.63) is 23.3 Å². The first kappa shape index (κ1) is 14.1. The number of imidazole rings is 1. The van der Waals surface area contributed by atoms with Crippen LogP contribution in [0.5, 0.6) is 17.4 Å². The molecule has 114 valence electrons. The summed E-state index contributed by atoms with van der Waals surface area (Å²) in [7, 11) is 2.97. The summed E-state index contributed by atoms with van der Waals surface area (Å²) in [6.07, 6.45) is 1.49. The van der Waals surface area contributed by atoms with Gasteiger partial charge in [0.05, 0.1) is 19.7 Å². The molecule has 0 saturated carbocycles. The third kappa shape index (κ3) is 2.11. The summed E-state index contributed by atoms with van der Waals surface area (Å²) in [6, 6.07) is 3.05. The predicted octanol–water partition coefficient (Wildman–Crippen LogP) is 1.90. The molecule has 3 aromatic heterocycles. The van der Waals surface area contributed by atoms with Crippen LogP contribution >= 0.6 is 11.3 Å². The first-order chi connectivity index (χ1) is 10.5. The van der Waals surface area contributed by atoms with Crippen molar-refractivity contribution in [2.75, 3.05) is 14.2 Å². The Bertz CT molecular complexity index is 870. The number of thiophene rings is 1. The second-order valence-electron chi connectivity index (χ2n) is 4.26. The largest absolute Gasteiger partial charge is 0.506 e. The maximum atomic E-state index is 11.0. The smallest absolute Gasteiger partial charge is 0.349 e. The Labute approximate surface area is 128 Å². The van der Waals surface area contributed by atoms with Gasteiger partial charge in [0.25, 0.3) is 5.88 Å². The quantitative estimate of drug-likeness (QED) is 0.755. The number of aromatic carboxylic acids is 1. The number of ether oxygens (including phenoxy) is 2. The van der Waals surface area contributed by atoms with E-state index >= 15 is 0 Å². The number of methoxy groups -OCH3 is 2. The van der Waals surface area contributed by atoms with Crippen molar-refractivity contribution in [1.82, 2.24) is 14.5 Å². The van der Waals surface area contributed by atoms with Crippen molar-refractivity contribution in [2.24, 2.45) is 0 Å². The highest BCUT2D eigenvalue weighted by Gasteiger charge is 2.18. The molecular weight excluding hydrogens is 310 g/mol. The van der Waals surface area contributed by atoms with Crippen molar-refractivity contribution >= 4 is 28.5 Å². The van der Waals surface area contributed by atoms with Gasteiger partial charge in [0.2, 0.25) is 0 Å². The van der Waals surface area contributed by atoms with Gasteiger partial charge in [0.15, 0.2) is 16.3 Å². The molecule has 0 aliphatic heterocycles. The Balaban J connectivity index is 2.19. The molecule has 0 radical (unpaired) electrons. The van der Waals surface area contributed by atoms with Crippen LogP contribution in [0.15, 0.2) is 18.5 Å². The summed E-state index contributed by atoms with van der Waals surface area (Å²) in [5, 5.41) is 19.2. The Morgan fingerprint density at radius 3 is 2.68 bits per heavy atom. The van der Waals surface area contributed by atoms with Crippen LogP contribution in [-0.2, 0) is 0 Å². The summed E-state index contributed by atoms with van der Waals surface area (Å²) in [6.45, 7) is 0. The van der Waals surface area contributed by atoms with E-state index in [-0.39, 0.29) is 10.6 Å². The number of aromatic nitrogens is 3. The van der Waals surface area contributed by atoms with E-state index in [1.54, 1.807) is 10.6 Å². The minimum absolute atomic E-state index is 0.134. The molecule has 0 bridgehead atoms. The van der Waals surface area contributed by atoms with Gasteiger partial charge in [0.1, 0.15) is 17.1 Å². The molecule has 0 unspecified atom stereocenters. The Kier molecular flexibility index (Phi) is 3.33. The van der Waals surface area contributed by atoms with Crippen LogP contribution in [-0.4, -0.2) is 44.9 Å². The van der Waals surface area contributed by atoms with Crippen molar-refractivity contribution in [3.8, 4) is 22.4 Å². The van der Waals surface area contributed by atoms with E-state index in [1.807, 2.05) is 0 Å². The number of hydrogen-bond donors (Lipinski definition) is 2. The van der Waals surface area contributed by atoms with Crippen LogP contribution in [0.1, 0.15) is 9.67 Å². The standard InChI is InChI=1S/C13H11N3O5S/c1-20-8-3-6-11(15-12(8)21-2)14-5-16(6)9-4-7(17)10(22-9)13(18)19/h3-5,17H,1-2H3,(H,18,19). The van der Waals surface area contributed by atoms with E-state index in [1.165, 1.54) is 26.6 Å². The molecule has 0 aliphatic rings. The molecule has 9 heteroatoms. The van der Waals surface area contributed by atoms with Crippen LogP contribution in [0.3, 0.4) is 0 Å². The lowest BCUT2D eigenvalue weighted by atomic mass is 10.4. The van der Waals surface area contributed by atoms with Crippen molar-refractivity contribution < 1.29 is 24.5 Å². The van der Waals surface area contributed by atoms with E-state index in [4.69, 9.17) is 14.6 Å². The van der Waals surface area contributed by atoms with Gasteiger partial charge in [-0.1, -0.05) is 0 Å². The lowest BCUT2D eigenvalue weighted by Crippen LogP contribution is -1.95. The number of pyridine rings is 1. The number of fused-ring (bicyclic) bond motifs is 1. The minimum Gasteiger partial charge on any atom is -0.506 e. The SMILES string of the molecule is COc1cc2c(ncn2-c2cc(O)c(C(=O)O)s2)nc1OC. The van der Waals surface area contributed by atoms with Crippen LogP contribution in [0.25, 0.3) is 16.2 Å². The minimum atomic E-state index is -1.18. The predicted molar refractivity (Wildman–Crippen MR) is 78.5 cm³/mol. The molecule has 0 amide bonds. The van der Waals surface area contributed by atoms with Gasteiger partial charge in [-0.05, 0) is 0 Å². The van der Waals surface area contributed by atoms with Crippen molar-refractivity contribution in [1.29, 1.82) is 0 Å². The zero-order valence-electron chi connectivity index (χ0n) is 11.6. The number of rotatable bonds is 4. The summed E-state index contributed by atoms with van der Waals surface area (Å²) in [5.74, 6) is -0.741. The Morgan fingerprint density at radius 2 is 2.09 bits per heavy atom. The van der Waals surface area contributed by atoms with E-state index in [2.05, 4.69) is 9.97 Å². The molecule has 8 nitrogen and oxygen atoms in total. The third-order valence-corrected chi connectivity index (χ3v) is 4.13. The monoisotopic (exact) mass is 321 g/mol. The fourth-order valence-corrected chi connectivity index (χ4v) is 2.89. The number of carboxylic acids is 1. The highest BCUT2D eigenvalue weighted by Crippen LogP contribution is 2.34. The molecule has 3 rings (SSSR count). The second-order valence-corrected chi connectivity index (χ2v) is 5.29. The van der Waals surface area contributed by atoms with Gasteiger partial charge in [-0.3, -0.25) is 4.57 Å². The number of carbonyl (C=O) groups is 1. The van der Waals surface area contributed by atoms with Gasteiger partial charge in [-0.2, -0.15) is 4.98 Å². The zero-order valence-corrected chi connectivity index (χ0v) is 12.4. The van der Waals surface area contributed by atoms with Crippen LogP contribution in [0.2, 0.25) is 0 Å². The van der Waals surface area contributed by atoms with Crippen molar-refractivity contribution in [2.45, 2.75) is 0 Å². The van der Waals surface area contributed by atoms with Gasteiger partial charge in [-0.15, -0.1) is 11.3 Å². The molecule has 2 N–H and O–H groups in total. The highest BCUT2D eigenvalue weighted by molar-refractivity contribution is 7.16. The van der Waals surface area contributed by atoms with Crippen LogP contribution < -0.4 is 9.47 Å². The molecule has 3 aromatic rings. The number of aromatic hydroxyl groups is 1. The normalized spacial score (nSPS) is 10.8. The number of hydrogen-bond acceptors (Lipinski definition) is 7. The summed E-state index contributed by atoms with van der Waals surface area (Å²) in [5.41, 5.74) is 1.03. The lowest BCUT2D eigenvalue weighted by molar-refractivity contribution is 0.0699. The van der Waals surface area contributed by atoms with Crippen molar-refractivity contribution in [3.63, 3.8) is 0 Å². The first-order valence-electron chi connectivity index (χ1n) is 6.07. The fourth-order valence-electron chi connectivity index (χ4n) is 2.01. The molecule has 0 atom stereocenters. The van der Waals surface area contributed by atoms with E-state index < -0.39 is 5.97 Å².